The lowest BCUT2D eigenvalue weighted by atomic mass is 10.1. The summed E-state index contributed by atoms with van der Waals surface area (Å²) in [6.45, 7) is 2.20. The molecule has 3 nitrogen and oxygen atoms in total. The highest BCUT2D eigenvalue weighted by Gasteiger charge is 1.96. The van der Waals surface area contributed by atoms with Crippen LogP contribution in [0.5, 0.6) is 0 Å². The Labute approximate surface area is 91.4 Å². The maximum atomic E-state index is 7.42. The minimum atomic E-state index is 0.316. The molecule has 0 unspecified atom stereocenters. The molecule has 82 valence electrons. The number of hydrogen-bond acceptors (Lipinski definition) is 1. The molecule has 1 aromatic rings. The van der Waals surface area contributed by atoms with E-state index in [0.29, 0.717) is 5.96 Å². The molecule has 0 atom stereocenters. The predicted molar refractivity (Wildman–Crippen MR) is 65.5 cm³/mol. The van der Waals surface area contributed by atoms with Gasteiger partial charge in [0.1, 0.15) is 0 Å². The first-order valence-corrected chi connectivity index (χ1v) is 5.38. The van der Waals surface area contributed by atoms with Gasteiger partial charge in [-0.2, -0.15) is 0 Å². The van der Waals surface area contributed by atoms with E-state index in [2.05, 4.69) is 29.7 Å². The number of aryl methyl sites for hydroxylation is 1. The summed E-state index contributed by atoms with van der Waals surface area (Å²) in [5.41, 5.74) is 2.31. The van der Waals surface area contributed by atoms with Crippen molar-refractivity contribution in [3.8, 4) is 0 Å². The molecular formula is C12H19N3. The first kappa shape index (κ1) is 11.6. The minimum absolute atomic E-state index is 0.316. The highest BCUT2D eigenvalue weighted by molar-refractivity contribution is 5.90. The third-order valence-electron chi connectivity index (χ3n) is 2.29. The topological polar surface area (TPSA) is 47.9 Å². The van der Waals surface area contributed by atoms with Gasteiger partial charge in [0.05, 0.1) is 0 Å². The number of rotatable bonds is 4. The molecule has 0 radical (unpaired) electrons. The van der Waals surface area contributed by atoms with Crippen molar-refractivity contribution in [2.75, 3.05) is 12.4 Å². The van der Waals surface area contributed by atoms with Gasteiger partial charge in [-0.15, -0.1) is 0 Å². The molecular weight excluding hydrogens is 186 g/mol. The molecule has 0 bridgehead atoms. The molecule has 0 aliphatic carbocycles. The second kappa shape index (κ2) is 6.06. The lowest BCUT2D eigenvalue weighted by molar-refractivity contribution is 0.795. The van der Waals surface area contributed by atoms with Crippen molar-refractivity contribution in [3.63, 3.8) is 0 Å². The molecule has 0 saturated carbocycles. The number of nitrogens with one attached hydrogen (secondary N) is 3. The quantitative estimate of drug-likeness (QED) is 0.522. The third-order valence-corrected chi connectivity index (χ3v) is 2.29. The Bertz CT molecular complexity index is 303. The molecule has 0 aliphatic rings. The lowest BCUT2D eigenvalue weighted by Crippen LogP contribution is -2.25. The number of hydrogen-bond donors (Lipinski definition) is 3. The van der Waals surface area contributed by atoms with Gasteiger partial charge in [-0.3, -0.25) is 5.41 Å². The maximum absolute atomic E-state index is 7.42. The van der Waals surface area contributed by atoms with E-state index < -0.39 is 0 Å². The zero-order valence-electron chi connectivity index (χ0n) is 9.43. The van der Waals surface area contributed by atoms with Gasteiger partial charge in [-0.1, -0.05) is 25.5 Å². The Kier molecular flexibility index (Phi) is 4.68. The van der Waals surface area contributed by atoms with Crippen molar-refractivity contribution in [2.24, 2.45) is 0 Å². The van der Waals surface area contributed by atoms with Crippen molar-refractivity contribution in [1.29, 1.82) is 5.41 Å². The van der Waals surface area contributed by atoms with E-state index in [1.54, 1.807) is 7.05 Å². The summed E-state index contributed by atoms with van der Waals surface area (Å²) in [6, 6.07) is 8.25. The van der Waals surface area contributed by atoms with Gasteiger partial charge in [0.2, 0.25) is 0 Å². The molecule has 0 aliphatic heterocycles. The highest BCUT2D eigenvalue weighted by Crippen LogP contribution is 2.11. The van der Waals surface area contributed by atoms with Gasteiger partial charge in [0.15, 0.2) is 5.96 Å². The van der Waals surface area contributed by atoms with E-state index in [4.69, 9.17) is 5.41 Å². The largest absolute Gasteiger partial charge is 0.359 e. The molecule has 15 heavy (non-hydrogen) atoms. The van der Waals surface area contributed by atoms with Crippen LogP contribution in [0.2, 0.25) is 0 Å². The van der Waals surface area contributed by atoms with Crippen molar-refractivity contribution in [3.05, 3.63) is 29.8 Å². The van der Waals surface area contributed by atoms with Crippen LogP contribution in [0.4, 0.5) is 5.69 Å². The number of guanidine groups is 1. The highest BCUT2D eigenvalue weighted by atomic mass is 15.1. The van der Waals surface area contributed by atoms with E-state index in [1.165, 1.54) is 18.4 Å². The summed E-state index contributed by atoms with van der Waals surface area (Å²) in [6.07, 6.45) is 3.60. The maximum Gasteiger partial charge on any atom is 0.192 e. The molecule has 0 spiro atoms. The second-order valence-corrected chi connectivity index (χ2v) is 3.55. The molecule has 3 N–H and O–H groups in total. The van der Waals surface area contributed by atoms with Gasteiger partial charge in [0, 0.05) is 12.7 Å². The van der Waals surface area contributed by atoms with Crippen LogP contribution in [0.3, 0.4) is 0 Å². The molecule has 0 aromatic heterocycles. The van der Waals surface area contributed by atoms with Crippen LogP contribution in [0, 0.1) is 5.41 Å². The summed E-state index contributed by atoms with van der Waals surface area (Å²) < 4.78 is 0. The summed E-state index contributed by atoms with van der Waals surface area (Å²) in [4.78, 5) is 0. The first-order chi connectivity index (χ1) is 7.26. The first-order valence-electron chi connectivity index (χ1n) is 5.38. The SMILES string of the molecule is CCCCc1ccc(NC(=N)NC)cc1. The van der Waals surface area contributed by atoms with Crippen molar-refractivity contribution in [2.45, 2.75) is 26.2 Å². The predicted octanol–water partition coefficient (Wildman–Crippen LogP) is 2.60. The van der Waals surface area contributed by atoms with Crippen LogP contribution in [0.1, 0.15) is 25.3 Å². The van der Waals surface area contributed by atoms with E-state index in [0.717, 1.165) is 12.1 Å². The molecule has 0 heterocycles. The van der Waals surface area contributed by atoms with Gasteiger partial charge in [-0.25, -0.2) is 0 Å². The van der Waals surface area contributed by atoms with Crippen LogP contribution in [-0.2, 0) is 6.42 Å². The van der Waals surface area contributed by atoms with Crippen molar-refractivity contribution in [1.82, 2.24) is 5.32 Å². The van der Waals surface area contributed by atoms with E-state index in [9.17, 15) is 0 Å². The van der Waals surface area contributed by atoms with Crippen molar-refractivity contribution >= 4 is 11.6 Å². The van der Waals surface area contributed by atoms with Crippen LogP contribution in [0.25, 0.3) is 0 Å². The van der Waals surface area contributed by atoms with Crippen LogP contribution in [-0.4, -0.2) is 13.0 Å². The average molecular weight is 205 g/mol. The third kappa shape index (κ3) is 4.02. The summed E-state index contributed by atoms with van der Waals surface area (Å²) in [5.74, 6) is 0.316. The van der Waals surface area contributed by atoms with Gasteiger partial charge in [-0.05, 0) is 30.5 Å². The Hall–Kier alpha value is -1.51. The standard InChI is InChI=1S/C12H19N3/c1-3-4-5-10-6-8-11(9-7-10)15-12(13)14-2/h6-9H,3-5H2,1-2H3,(H3,13,14,15). The number of benzene rings is 1. The zero-order chi connectivity index (χ0) is 11.1. The van der Waals surface area contributed by atoms with Gasteiger partial charge < -0.3 is 10.6 Å². The van der Waals surface area contributed by atoms with E-state index in [-0.39, 0.29) is 0 Å². The van der Waals surface area contributed by atoms with Crippen LogP contribution < -0.4 is 10.6 Å². The molecule has 0 saturated heterocycles. The average Bonchev–Trinajstić information content (AvgIpc) is 2.28. The molecule has 3 heteroatoms. The Morgan fingerprint density at radius 3 is 2.47 bits per heavy atom. The zero-order valence-corrected chi connectivity index (χ0v) is 9.43. The summed E-state index contributed by atoms with van der Waals surface area (Å²) >= 11 is 0. The second-order valence-electron chi connectivity index (χ2n) is 3.55. The summed E-state index contributed by atoms with van der Waals surface area (Å²) in [7, 11) is 1.73. The van der Waals surface area contributed by atoms with Crippen molar-refractivity contribution < 1.29 is 0 Å². The van der Waals surface area contributed by atoms with Gasteiger partial charge in [0.25, 0.3) is 0 Å². The summed E-state index contributed by atoms with van der Waals surface area (Å²) in [5, 5.41) is 13.1. The van der Waals surface area contributed by atoms with Gasteiger partial charge >= 0.3 is 0 Å². The van der Waals surface area contributed by atoms with E-state index in [1.807, 2.05) is 12.1 Å². The number of anilines is 1. The molecule has 0 fully saturated rings. The molecule has 1 aromatic carbocycles. The van der Waals surface area contributed by atoms with Crippen LogP contribution >= 0.6 is 0 Å². The Morgan fingerprint density at radius 2 is 1.93 bits per heavy atom. The fourth-order valence-electron chi connectivity index (χ4n) is 1.34. The fourth-order valence-corrected chi connectivity index (χ4v) is 1.34. The molecule has 1 rings (SSSR count). The normalized spacial score (nSPS) is 9.73. The fraction of sp³-hybridized carbons (Fsp3) is 0.417. The lowest BCUT2D eigenvalue weighted by Gasteiger charge is -2.07. The smallest absolute Gasteiger partial charge is 0.192 e. The molecule has 0 amide bonds. The Morgan fingerprint density at radius 1 is 1.27 bits per heavy atom. The number of unbranched alkanes of at least 4 members (excludes halogenated alkanes) is 1. The van der Waals surface area contributed by atoms with E-state index >= 15 is 0 Å². The Balaban J connectivity index is 2.52. The monoisotopic (exact) mass is 205 g/mol. The van der Waals surface area contributed by atoms with Crippen LogP contribution in [0.15, 0.2) is 24.3 Å². The minimum Gasteiger partial charge on any atom is -0.359 e.